The maximum Gasteiger partial charge on any atom is 0.183 e. The quantitative estimate of drug-likeness (QED) is 0.930. The molecule has 2 aromatic carbocycles. The van der Waals surface area contributed by atoms with E-state index in [0.29, 0.717) is 0 Å². The molecule has 0 aromatic heterocycles. The highest BCUT2D eigenvalue weighted by atomic mass is 19.2. The van der Waals surface area contributed by atoms with Crippen molar-refractivity contribution in [3.8, 4) is 11.8 Å². The summed E-state index contributed by atoms with van der Waals surface area (Å²) >= 11 is 0. The standard InChI is InChI=1S/C14H9F3N2O/c1-20-12-6-9(15)3-5-10(12)19-11-4-2-8(7-18)13(16)14(11)17/h2-6,19H,1H3. The molecule has 0 saturated heterocycles. The van der Waals surface area contributed by atoms with Crippen LogP contribution in [0.3, 0.4) is 0 Å². The van der Waals surface area contributed by atoms with Crippen LogP contribution in [0.1, 0.15) is 5.56 Å². The largest absolute Gasteiger partial charge is 0.494 e. The molecule has 0 saturated carbocycles. The van der Waals surface area contributed by atoms with Crippen LogP contribution in [0.15, 0.2) is 30.3 Å². The SMILES string of the molecule is COc1cc(F)ccc1Nc1ccc(C#N)c(F)c1F. The van der Waals surface area contributed by atoms with Crippen molar-refractivity contribution in [3.05, 3.63) is 53.3 Å². The third-order valence-corrected chi connectivity index (χ3v) is 2.64. The predicted molar refractivity (Wildman–Crippen MR) is 67.3 cm³/mol. The fourth-order valence-corrected chi connectivity index (χ4v) is 1.65. The molecule has 102 valence electrons. The minimum atomic E-state index is -1.24. The van der Waals surface area contributed by atoms with E-state index in [1.807, 2.05) is 0 Å². The number of nitrogens with zero attached hydrogens (tertiary/aromatic N) is 1. The number of nitrogens with one attached hydrogen (secondary N) is 1. The molecule has 0 amide bonds. The Labute approximate surface area is 113 Å². The molecule has 3 nitrogen and oxygen atoms in total. The van der Waals surface area contributed by atoms with Crippen LogP contribution in [0.25, 0.3) is 0 Å². The predicted octanol–water partition coefficient (Wildman–Crippen LogP) is 3.73. The van der Waals surface area contributed by atoms with Crippen molar-refractivity contribution in [2.24, 2.45) is 0 Å². The fourth-order valence-electron chi connectivity index (χ4n) is 1.65. The maximum atomic E-state index is 13.7. The van der Waals surface area contributed by atoms with Gasteiger partial charge in [0.25, 0.3) is 0 Å². The van der Waals surface area contributed by atoms with Gasteiger partial charge < -0.3 is 10.1 Å². The smallest absolute Gasteiger partial charge is 0.183 e. The van der Waals surface area contributed by atoms with Gasteiger partial charge in [-0.3, -0.25) is 0 Å². The number of ether oxygens (including phenoxy) is 1. The van der Waals surface area contributed by atoms with Gasteiger partial charge in [-0.2, -0.15) is 5.26 Å². The third kappa shape index (κ3) is 2.52. The number of rotatable bonds is 3. The van der Waals surface area contributed by atoms with Crippen LogP contribution in [0, 0.1) is 28.8 Å². The molecular formula is C14H9F3N2O. The van der Waals surface area contributed by atoms with Gasteiger partial charge in [-0.15, -0.1) is 0 Å². The van der Waals surface area contributed by atoms with Gasteiger partial charge in [-0.1, -0.05) is 0 Å². The molecule has 0 atom stereocenters. The van der Waals surface area contributed by atoms with Gasteiger partial charge in [-0.05, 0) is 24.3 Å². The zero-order valence-corrected chi connectivity index (χ0v) is 10.4. The van der Waals surface area contributed by atoms with Crippen molar-refractivity contribution >= 4 is 11.4 Å². The summed E-state index contributed by atoms with van der Waals surface area (Å²) in [5, 5.41) is 11.2. The van der Waals surface area contributed by atoms with Gasteiger partial charge in [0, 0.05) is 6.07 Å². The monoisotopic (exact) mass is 278 g/mol. The molecule has 0 heterocycles. The van der Waals surface area contributed by atoms with Crippen LogP contribution in [-0.2, 0) is 0 Å². The fraction of sp³-hybridized carbons (Fsp3) is 0.0714. The Morgan fingerprint density at radius 2 is 1.75 bits per heavy atom. The molecule has 2 rings (SSSR count). The highest BCUT2D eigenvalue weighted by molar-refractivity contribution is 5.67. The first-order chi connectivity index (χ1) is 9.56. The average Bonchev–Trinajstić information content (AvgIpc) is 2.45. The van der Waals surface area contributed by atoms with Crippen LogP contribution in [0.5, 0.6) is 5.75 Å². The lowest BCUT2D eigenvalue weighted by molar-refractivity contribution is 0.413. The summed E-state index contributed by atoms with van der Waals surface area (Å²) in [5.74, 6) is -2.79. The molecule has 0 aliphatic heterocycles. The summed E-state index contributed by atoms with van der Waals surface area (Å²) in [6, 6.07) is 7.52. The summed E-state index contributed by atoms with van der Waals surface area (Å²) in [5.41, 5.74) is -0.289. The van der Waals surface area contributed by atoms with Gasteiger partial charge >= 0.3 is 0 Å². The number of nitriles is 1. The Hall–Kier alpha value is -2.68. The first kappa shape index (κ1) is 13.7. The summed E-state index contributed by atoms with van der Waals surface area (Å²) in [6.45, 7) is 0. The topological polar surface area (TPSA) is 45.0 Å². The molecule has 0 fully saturated rings. The highest BCUT2D eigenvalue weighted by Gasteiger charge is 2.14. The van der Waals surface area contributed by atoms with E-state index in [1.165, 1.54) is 19.2 Å². The van der Waals surface area contributed by atoms with Crippen LogP contribution in [0.4, 0.5) is 24.5 Å². The Bertz CT molecular complexity index is 696. The Balaban J connectivity index is 2.41. The Kier molecular flexibility index (Phi) is 3.80. The average molecular weight is 278 g/mol. The van der Waals surface area contributed by atoms with Crippen LogP contribution in [-0.4, -0.2) is 7.11 Å². The van der Waals surface area contributed by atoms with Gasteiger partial charge in [0.15, 0.2) is 11.6 Å². The van der Waals surface area contributed by atoms with E-state index in [-0.39, 0.29) is 22.7 Å². The second kappa shape index (κ2) is 5.53. The molecule has 2 aromatic rings. The van der Waals surface area contributed by atoms with Crippen molar-refractivity contribution in [2.75, 3.05) is 12.4 Å². The number of hydrogen-bond acceptors (Lipinski definition) is 3. The first-order valence-corrected chi connectivity index (χ1v) is 5.55. The number of hydrogen-bond donors (Lipinski definition) is 1. The number of halogens is 3. The van der Waals surface area contributed by atoms with Crippen molar-refractivity contribution in [1.29, 1.82) is 5.26 Å². The van der Waals surface area contributed by atoms with E-state index < -0.39 is 17.5 Å². The van der Waals surface area contributed by atoms with Gasteiger partial charge in [0.1, 0.15) is 17.6 Å². The summed E-state index contributed by atoms with van der Waals surface area (Å²) < 4.78 is 45.2. The lowest BCUT2D eigenvalue weighted by Gasteiger charge is -2.12. The van der Waals surface area contributed by atoms with Gasteiger partial charge in [-0.25, -0.2) is 13.2 Å². The molecule has 6 heteroatoms. The van der Waals surface area contributed by atoms with Crippen LogP contribution in [0.2, 0.25) is 0 Å². The molecule has 0 bridgehead atoms. The number of anilines is 2. The second-order valence-electron chi connectivity index (χ2n) is 3.87. The van der Waals surface area contributed by atoms with E-state index in [4.69, 9.17) is 10.00 Å². The van der Waals surface area contributed by atoms with Crippen LogP contribution >= 0.6 is 0 Å². The zero-order valence-electron chi connectivity index (χ0n) is 10.4. The van der Waals surface area contributed by atoms with Gasteiger partial charge in [0.2, 0.25) is 0 Å². The van der Waals surface area contributed by atoms with Crippen molar-refractivity contribution in [3.63, 3.8) is 0 Å². The molecular weight excluding hydrogens is 269 g/mol. The van der Waals surface area contributed by atoms with Crippen molar-refractivity contribution < 1.29 is 17.9 Å². The molecule has 1 N–H and O–H groups in total. The molecule has 0 spiro atoms. The molecule has 0 aliphatic rings. The molecule has 0 unspecified atom stereocenters. The van der Waals surface area contributed by atoms with Gasteiger partial charge in [0.05, 0.1) is 24.0 Å². The van der Waals surface area contributed by atoms with E-state index in [1.54, 1.807) is 6.07 Å². The molecule has 0 radical (unpaired) electrons. The Morgan fingerprint density at radius 3 is 2.40 bits per heavy atom. The van der Waals surface area contributed by atoms with E-state index in [0.717, 1.165) is 18.2 Å². The summed E-state index contributed by atoms with van der Waals surface area (Å²) in [4.78, 5) is 0. The second-order valence-corrected chi connectivity index (χ2v) is 3.87. The van der Waals surface area contributed by atoms with Crippen molar-refractivity contribution in [1.82, 2.24) is 0 Å². The summed E-state index contributed by atoms with van der Waals surface area (Å²) in [6.07, 6.45) is 0. The zero-order chi connectivity index (χ0) is 14.7. The van der Waals surface area contributed by atoms with Crippen LogP contribution < -0.4 is 10.1 Å². The van der Waals surface area contributed by atoms with E-state index >= 15 is 0 Å². The maximum absolute atomic E-state index is 13.7. The number of methoxy groups -OCH3 is 1. The summed E-state index contributed by atoms with van der Waals surface area (Å²) in [7, 11) is 1.33. The third-order valence-electron chi connectivity index (χ3n) is 2.64. The Morgan fingerprint density at radius 1 is 1.05 bits per heavy atom. The highest BCUT2D eigenvalue weighted by Crippen LogP contribution is 2.30. The first-order valence-electron chi connectivity index (χ1n) is 5.55. The lowest BCUT2D eigenvalue weighted by atomic mass is 10.2. The minimum Gasteiger partial charge on any atom is -0.494 e. The molecule has 20 heavy (non-hydrogen) atoms. The normalized spacial score (nSPS) is 9.95. The minimum absolute atomic E-state index is 0.147. The van der Waals surface area contributed by atoms with E-state index in [9.17, 15) is 13.2 Å². The van der Waals surface area contributed by atoms with E-state index in [2.05, 4.69) is 5.32 Å². The van der Waals surface area contributed by atoms with Crippen molar-refractivity contribution in [2.45, 2.75) is 0 Å². The lowest BCUT2D eigenvalue weighted by Crippen LogP contribution is -2.00. The number of benzene rings is 2. The molecule has 0 aliphatic carbocycles.